The van der Waals surface area contributed by atoms with Crippen LogP contribution in [-0.2, 0) is 18.1 Å². The van der Waals surface area contributed by atoms with Gasteiger partial charge in [0.05, 0.1) is 0 Å². The molecule has 0 aliphatic carbocycles. The van der Waals surface area contributed by atoms with Crippen molar-refractivity contribution in [2.24, 2.45) is 0 Å². The van der Waals surface area contributed by atoms with E-state index < -0.39 is 8.80 Å². The maximum Gasteiger partial charge on any atom is 0.574 e. The molecule has 0 bridgehead atoms. The van der Waals surface area contributed by atoms with E-state index in [4.69, 9.17) is 24.9 Å². The summed E-state index contributed by atoms with van der Waals surface area (Å²) in [6.07, 6.45) is 0.212. The molecule has 0 unspecified atom stereocenters. The molecular formula is C6H13ClO4Si. The Labute approximate surface area is 78.1 Å². The molecule has 12 heavy (non-hydrogen) atoms. The molecule has 0 atom stereocenters. The first-order valence-electron chi connectivity index (χ1n) is 3.41. The minimum Gasteiger partial charge on any atom is -0.372 e. The number of halogens is 1. The van der Waals surface area contributed by atoms with Gasteiger partial charge in [-0.3, -0.25) is 4.79 Å². The lowest BCUT2D eigenvalue weighted by molar-refractivity contribution is -0.117. The summed E-state index contributed by atoms with van der Waals surface area (Å²) in [7, 11) is 1.12. The van der Waals surface area contributed by atoms with Crippen LogP contribution in [0.15, 0.2) is 0 Å². The molecule has 0 N–H and O–H groups in total. The van der Waals surface area contributed by atoms with Crippen molar-refractivity contribution in [2.45, 2.75) is 6.42 Å². The molecular weight excluding hydrogens is 200 g/mol. The minimum absolute atomic E-state index is 0.190. The van der Waals surface area contributed by atoms with Crippen LogP contribution in [0.1, 0.15) is 6.42 Å². The van der Waals surface area contributed by atoms with Crippen LogP contribution in [0.4, 0.5) is 0 Å². The Balaban J connectivity index is 4.36. The lowest BCUT2D eigenvalue weighted by Gasteiger charge is -2.21. The lowest BCUT2D eigenvalue weighted by Crippen LogP contribution is -2.51. The molecule has 6 heteroatoms. The maximum absolute atomic E-state index is 11.4. The molecule has 0 aromatic carbocycles. The standard InChI is InChI=1S/C6H13ClO4Si/c1-9-12(10-2,11-3)6(8)4-5-7/h4-5H2,1-3H3. The monoisotopic (exact) mass is 212 g/mol. The molecule has 0 aliphatic rings. The summed E-state index contributed by atoms with van der Waals surface area (Å²) in [5, 5.41) is -0.190. The largest absolute Gasteiger partial charge is 0.574 e. The van der Waals surface area contributed by atoms with Gasteiger partial charge in [0.1, 0.15) is 0 Å². The lowest BCUT2D eigenvalue weighted by atomic mass is 10.5. The summed E-state index contributed by atoms with van der Waals surface area (Å²) in [5.74, 6) is 0.254. The summed E-state index contributed by atoms with van der Waals surface area (Å²) < 4.78 is 14.8. The van der Waals surface area contributed by atoms with Crippen LogP contribution in [0.5, 0.6) is 0 Å². The van der Waals surface area contributed by atoms with Crippen molar-refractivity contribution in [1.29, 1.82) is 0 Å². The molecule has 0 amide bonds. The number of rotatable bonds is 6. The highest BCUT2D eigenvalue weighted by atomic mass is 35.5. The highest BCUT2D eigenvalue weighted by Gasteiger charge is 2.46. The second-order valence-corrected chi connectivity index (χ2v) is 5.30. The fraction of sp³-hybridized carbons (Fsp3) is 0.833. The summed E-state index contributed by atoms with van der Waals surface area (Å²) in [5.41, 5.74) is 0. The van der Waals surface area contributed by atoms with Gasteiger partial charge in [-0.15, -0.1) is 11.6 Å². The van der Waals surface area contributed by atoms with E-state index in [9.17, 15) is 4.79 Å². The second kappa shape index (κ2) is 5.66. The van der Waals surface area contributed by atoms with Crippen LogP contribution < -0.4 is 0 Å². The van der Waals surface area contributed by atoms with Crippen molar-refractivity contribution < 1.29 is 18.1 Å². The van der Waals surface area contributed by atoms with Crippen LogP contribution in [-0.4, -0.2) is 41.4 Å². The first-order valence-corrected chi connectivity index (χ1v) is 5.67. The Morgan fingerprint density at radius 2 is 1.67 bits per heavy atom. The molecule has 0 saturated carbocycles. The van der Waals surface area contributed by atoms with Gasteiger partial charge in [-0.05, 0) is 0 Å². The Kier molecular flexibility index (Phi) is 5.69. The van der Waals surface area contributed by atoms with E-state index in [0.717, 1.165) is 0 Å². The average molecular weight is 213 g/mol. The molecule has 0 spiro atoms. The van der Waals surface area contributed by atoms with Gasteiger partial charge in [0.15, 0.2) is 0 Å². The quantitative estimate of drug-likeness (QED) is 0.478. The molecule has 0 aromatic heterocycles. The minimum atomic E-state index is -3.07. The van der Waals surface area contributed by atoms with Crippen LogP contribution in [0.2, 0.25) is 0 Å². The van der Waals surface area contributed by atoms with Crippen molar-refractivity contribution in [2.75, 3.05) is 27.2 Å². The van der Waals surface area contributed by atoms with Crippen molar-refractivity contribution in [3.8, 4) is 0 Å². The Morgan fingerprint density at radius 3 is 1.92 bits per heavy atom. The van der Waals surface area contributed by atoms with E-state index >= 15 is 0 Å². The molecule has 0 aromatic rings. The third-order valence-corrected chi connectivity index (χ3v) is 4.20. The van der Waals surface area contributed by atoms with Gasteiger partial charge in [-0.25, -0.2) is 0 Å². The maximum atomic E-state index is 11.4. The fourth-order valence-electron chi connectivity index (χ4n) is 0.830. The topological polar surface area (TPSA) is 44.8 Å². The zero-order chi connectivity index (χ0) is 9.61. The molecule has 0 radical (unpaired) electrons. The predicted molar refractivity (Wildman–Crippen MR) is 47.1 cm³/mol. The summed E-state index contributed by atoms with van der Waals surface area (Å²) in [4.78, 5) is 11.4. The van der Waals surface area contributed by atoms with E-state index in [1.165, 1.54) is 21.3 Å². The van der Waals surface area contributed by atoms with Crippen molar-refractivity contribution in [3.05, 3.63) is 0 Å². The Hall–Kier alpha value is 0.0569. The molecule has 0 aliphatic heterocycles. The fourth-order valence-corrected chi connectivity index (χ4v) is 2.77. The molecule has 0 heterocycles. The van der Waals surface area contributed by atoms with Gasteiger partial charge in [-0.1, -0.05) is 0 Å². The zero-order valence-electron chi connectivity index (χ0n) is 7.43. The van der Waals surface area contributed by atoms with Gasteiger partial charge < -0.3 is 13.3 Å². The van der Waals surface area contributed by atoms with E-state index in [0.29, 0.717) is 0 Å². The van der Waals surface area contributed by atoms with Crippen LogP contribution in [0, 0.1) is 0 Å². The smallest absolute Gasteiger partial charge is 0.372 e. The third kappa shape index (κ3) is 2.53. The summed E-state index contributed by atoms with van der Waals surface area (Å²) >= 11 is 5.41. The van der Waals surface area contributed by atoms with E-state index in [2.05, 4.69) is 0 Å². The number of hydrogen-bond acceptors (Lipinski definition) is 4. The van der Waals surface area contributed by atoms with Crippen molar-refractivity contribution >= 4 is 25.8 Å². The van der Waals surface area contributed by atoms with Gasteiger partial charge in [0.25, 0.3) is 0 Å². The van der Waals surface area contributed by atoms with Crippen molar-refractivity contribution in [1.82, 2.24) is 0 Å². The van der Waals surface area contributed by atoms with Crippen LogP contribution >= 0.6 is 11.6 Å². The Morgan fingerprint density at radius 1 is 1.25 bits per heavy atom. The normalized spacial score (nSPS) is 11.7. The first kappa shape index (κ1) is 12.1. The highest BCUT2D eigenvalue weighted by molar-refractivity contribution is 6.92. The van der Waals surface area contributed by atoms with Gasteiger partial charge in [-0.2, -0.15) is 0 Å². The summed E-state index contributed by atoms with van der Waals surface area (Å²) in [6, 6.07) is 0. The van der Waals surface area contributed by atoms with E-state index in [1.807, 2.05) is 0 Å². The average Bonchev–Trinajstić information content (AvgIpc) is 2.09. The van der Waals surface area contributed by atoms with Crippen LogP contribution in [0.3, 0.4) is 0 Å². The van der Waals surface area contributed by atoms with Gasteiger partial charge in [0.2, 0.25) is 5.41 Å². The predicted octanol–water partition coefficient (Wildman–Crippen LogP) is 0.602. The van der Waals surface area contributed by atoms with E-state index in [1.54, 1.807) is 0 Å². The molecule has 0 saturated heterocycles. The Bertz CT molecular complexity index is 140. The molecule has 4 nitrogen and oxygen atoms in total. The van der Waals surface area contributed by atoms with Gasteiger partial charge in [0, 0.05) is 33.6 Å². The SMILES string of the molecule is CO[Si](OC)(OC)C(=O)CCCl. The van der Waals surface area contributed by atoms with Crippen LogP contribution in [0.25, 0.3) is 0 Å². The van der Waals surface area contributed by atoms with Crippen molar-refractivity contribution in [3.63, 3.8) is 0 Å². The molecule has 0 rings (SSSR count). The zero-order valence-corrected chi connectivity index (χ0v) is 9.18. The van der Waals surface area contributed by atoms with Gasteiger partial charge >= 0.3 is 8.80 Å². The number of carbonyl (C=O) groups excluding carboxylic acids is 1. The third-order valence-electron chi connectivity index (χ3n) is 1.47. The molecule has 0 fully saturated rings. The highest BCUT2D eigenvalue weighted by Crippen LogP contribution is 2.09. The molecule has 72 valence electrons. The number of carbonyl (C=O) groups is 1. The number of alkyl halides is 1. The van der Waals surface area contributed by atoms with E-state index in [-0.39, 0.29) is 17.7 Å². The first-order chi connectivity index (χ1) is 5.66. The second-order valence-electron chi connectivity index (χ2n) is 2.03. The number of hydrogen-bond donors (Lipinski definition) is 0. The summed E-state index contributed by atoms with van der Waals surface area (Å²) in [6.45, 7) is 0.